The van der Waals surface area contributed by atoms with Gasteiger partial charge in [0.1, 0.15) is 0 Å². The molecule has 2 N–H and O–H groups in total. The lowest BCUT2D eigenvalue weighted by molar-refractivity contribution is -0.120. The molecule has 14 heavy (non-hydrogen) atoms. The third-order valence-electron chi connectivity index (χ3n) is 2.67. The molecule has 1 aliphatic rings. The SMILES string of the molecule is CSCC(=O)NCC1(O)CCCCC1. The predicted molar refractivity (Wildman–Crippen MR) is 59.4 cm³/mol. The van der Waals surface area contributed by atoms with Crippen LogP contribution in [0.3, 0.4) is 0 Å². The molecular formula is C10H19NO2S. The van der Waals surface area contributed by atoms with Crippen molar-refractivity contribution in [1.29, 1.82) is 0 Å². The van der Waals surface area contributed by atoms with Crippen LogP contribution >= 0.6 is 11.8 Å². The molecule has 0 atom stereocenters. The van der Waals surface area contributed by atoms with E-state index in [1.165, 1.54) is 18.2 Å². The first kappa shape index (κ1) is 11.9. The van der Waals surface area contributed by atoms with Crippen LogP contribution in [-0.2, 0) is 4.79 Å². The minimum absolute atomic E-state index is 0.0245. The molecule has 1 rings (SSSR count). The summed E-state index contributed by atoms with van der Waals surface area (Å²) in [6.45, 7) is 0.423. The van der Waals surface area contributed by atoms with Crippen molar-refractivity contribution in [2.45, 2.75) is 37.7 Å². The molecule has 0 spiro atoms. The topological polar surface area (TPSA) is 49.3 Å². The van der Waals surface area contributed by atoms with Gasteiger partial charge in [0.05, 0.1) is 11.4 Å². The average molecular weight is 217 g/mol. The van der Waals surface area contributed by atoms with E-state index in [9.17, 15) is 9.90 Å². The van der Waals surface area contributed by atoms with E-state index in [-0.39, 0.29) is 5.91 Å². The smallest absolute Gasteiger partial charge is 0.230 e. The fourth-order valence-corrected chi connectivity index (χ4v) is 2.20. The molecule has 82 valence electrons. The largest absolute Gasteiger partial charge is 0.388 e. The third-order valence-corrected chi connectivity index (χ3v) is 3.23. The van der Waals surface area contributed by atoms with Crippen LogP contribution in [0.15, 0.2) is 0 Å². The Labute approximate surface area is 89.6 Å². The van der Waals surface area contributed by atoms with Crippen LogP contribution in [0.25, 0.3) is 0 Å². The van der Waals surface area contributed by atoms with E-state index >= 15 is 0 Å². The summed E-state index contributed by atoms with van der Waals surface area (Å²) < 4.78 is 0. The quantitative estimate of drug-likeness (QED) is 0.743. The fourth-order valence-electron chi connectivity index (χ4n) is 1.83. The van der Waals surface area contributed by atoms with Gasteiger partial charge in [-0.3, -0.25) is 4.79 Å². The van der Waals surface area contributed by atoms with Crippen LogP contribution in [0.4, 0.5) is 0 Å². The first-order valence-corrected chi connectivity index (χ1v) is 6.54. The van der Waals surface area contributed by atoms with Crippen LogP contribution in [-0.4, -0.2) is 35.2 Å². The molecule has 0 saturated heterocycles. The summed E-state index contributed by atoms with van der Waals surface area (Å²) in [7, 11) is 0. The minimum atomic E-state index is -0.633. The van der Waals surface area contributed by atoms with Gasteiger partial charge in [0.25, 0.3) is 0 Å². The molecular weight excluding hydrogens is 198 g/mol. The Bertz CT molecular complexity index is 191. The van der Waals surface area contributed by atoms with Crippen LogP contribution in [0.2, 0.25) is 0 Å². The second-order valence-corrected chi connectivity index (χ2v) is 4.86. The highest BCUT2D eigenvalue weighted by Crippen LogP contribution is 2.27. The van der Waals surface area contributed by atoms with Gasteiger partial charge >= 0.3 is 0 Å². The number of carbonyl (C=O) groups is 1. The Morgan fingerprint density at radius 3 is 2.64 bits per heavy atom. The van der Waals surface area contributed by atoms with Gasteiger partial charge in [0, 0.05) is 6.54 Å². The van der Waals surface area contributed by atoms with Gasteiger partial charge in [-0.25, -0.2) is 0 Å². The van der Waals surface area contributed by atoms with Crippen molar-refractivity contribution < 1.29 is 9.90 Å². The van der Waals surface area contributed by atoms with Crippen molar-refractivity contribution in [3.63, 3.8) is 0 Å². The molecule has 0 aromatic carbocycles. The second kappa shape index (κ2) is 5.61. The maximum Gasteiger partial charge on any atom is 0.230 e. The lowest BCUT2D eigenvalue weighted by Gasteiger charge is -2.32. The number of nitrogens with one attached hydrogen (secondary N) is 1. The molecule has 3 nitrogen and oxygen atoms in total. The maximum absolute atomic E-state index is 11.2. The zero-order valence-electron chi connectivity index (χ0n) is 8.71. The van der Waals surface area contributed by atoms with Crippen LogP contribution in [0, 0.1) is 0 Å². The Kier molecular flexibility index (Phi) is 4.75. The maximum atomic E-state index is 11.2. The molecule has 0 aromatic heterocycles. The minimum Gasteiger partial charge on any atom is -0.388 e. The second-order valence-electron chi connectivity index (χ2n) is 3.99. The van der Waals surface area contributed by atoms with E-state index in [2.05, 4.69) is 5.32 Å². The van der Waals surface area contributed by atoms with Gasteiger partial charge in [-0.05, 0) is 19.1 Å². The van der Waals surface area contributed by atoms with E-state index in [1.54, 1.807) is 0 Å². The summed E-state index contributed by atoms with van der Waals surface area (Å²) in [6.07, 6.45) is 6.92. The Hall–Kier alpha value is -0.220. The summed E-state index contributed by atoms with van der Waals surface area (Å²) in [5, 5.41) is 12.9. The molecule has 0 aromatic rings. The molecule has 0 bridgehead atoms. The van der Waals surface area contributed by atoms with Crippen molar-refractivity contribution in [2.24, 2.45) is 0 Å². The summed E-state index contributed by atoms with van der Waals surface area (Å²) in [4.78, 5) is 11.2. The normalized spacial score (nSPS) is 20.4. The van der Waals surface area contributed by atoms with Crippen molar-refractivity contribution >= 4 is 17.7 Å². The van der Waals surface area contributed by atoms with Gasteiger partial charge in [-0.15, -0.1) is 0 Å². The lowest BCUT2D eigenvalue weighted by atomic mass is 9.85. The van der Waals surface area contributed by atoms with Crippen LogP contribution in [0.1, 0.15) is 32.1 Å². The highest BCUT2D eigenvalue weighted by molar-refractivity contribution is 7.99. The van der Waals surface area contributed by atoms with E-state index in [0.29, 0.717) is 12.3 Å². The Morgan fingerprint density at radius 2 is 2.07 bits per heavy atom. The first-order valence-electron chi connectivity index (χ1n) is 5.14. The summed E-state index contributed by atoms with van der Waals surface area (Å²) >= 11 is 1.50. The predicted octanol–water partition coefficient (Wildman–Crippen LogP) is 1.16. The lowest BCUT2D eigenvalue weighted by Crippen LogP contribution is -2.44. The number of carbonyl (C=O) groups excluding carboxylic acids is 1. The highest BCUT2D eigenvalue weighted by Gasteiger charge is 2.29. The zero-order valence-corrected chi connectivity index (χ0v) is 9.53. The van der Waals surface area contributed by atoms with E-state index < -0.39 is 5.60 Å². The number of hydrogen-bond acceptors (Lipinski definition) is 3. The number of thioether (sulfide) groups is 1. The molecule has 4 heteroatoms. The van der Waals surface area contributed by atoms with E-state index in [1.807, 2.05) is 6.26 Å². The molecule has 1 aliphatic carbocycles. The van der Waals surface area contributed by atoms with Crippen molar-refractivity contribution in [1.82, 2.24) is 5.32 Å². The third kappa shape index (κ3) is 3.88. The monoisotopic (exact) mass is 217 g/mol. The molecule has 1 fully saturated rings. The van der Waals surface area contributed by atoms with E-state index in [0.717, 1.165) is 25.7 Å². The standard InChI is InChI=1S/C10H19NO2S/c1-14-7-9(12)11-8-10(13)5-3-2-4-6-10/h13H,2-8H2,1H3,(H,11,12). The average Bonchev–Trinajstić information content (AvgIpc) is 2.17. The van der Waals surface area contributed by atoms with Crippen LogP contribution in [0.5, 0.6) is 0 Å². The van der Waals surface area contributed by atoms with Gasteiger partial charge in [-0.2, -0.15) is 11.8 Å². The van der Waals surface area contributed by atoms with Gasteiger partial charge in [-0.1, -0.05) is 19.3 Å². The van der Waals surface area contributed by atoms with Crippen molar-refractivity contribution in [2.75, 3.05) is 18.6 Å². The summed E-state index contributed by atoms with van der Waals surface area (Å²) in [6, 6.07) is 0. The van der Waals surface area contributed by atoms with Gasteiger partial charge in [0.2, 0.25) is 5.91 Å². The molecule has 1 amide bonds. The van der Waals surface area contributed by atoms with Gasteiger partial charge in [0.15, 0.2) is 0 Å². The van der Waals surface area contributed by atoms with Crippen molar-refractivity contribution in [3.05, 3.63) is 0 Å². The van der Waals surface area contributed by atoms with Crippen molar-refractivity contribution in [3.8, 4) is 0 Å². The Balaban J connectivity index is 2.24. The molecule has 1 saturated carbocycles. The number of amides is 1. The van der Waals surface area contributed by atoms with E-state index in [4.69, 9.17) is 0 Å². The zero-order chi connectivity index (χ0) is 10.4. The first-order chi connectivity index (χ1) is 6.66. The molecule has 0 aliphatic heterocycles. The number of hydrogen-bond donors (Lipinski definition) is 2. The Morgan fingerprint density at radius 1 is 1.43 bits per heavy atom. The molecule has 0 radical (unpaired) electrons. The van der Waals surface area contributed by atoms with Crippen LogP contribution < -0.4 is 5.32 Å². The van der Waals surface area contributed by atoms with Gasteiger partial charge < -0.3 is 10.4 Å². The molecule has 0 unspecified atom stereocenters. The molecule has 0 heterocycles. The fraction of sp³-hybridized carbons (Fsp3) is 0.900. The summed E-state index contributed by atoms with van der Waals surface area (Å²) in [5.74, 6) is 0.507. The highest BCUT2D eigenvalue weighted by atomic mass is 32.2. The summed E-state index contributed by atoms with van der Waals surface area (Å²) in [5.41, 5.74) is -0.633. The number of aliphatic hydroxyl groups is 1. The number of rotatable bonds is 4.